The van der Waals surface area contributed by atoms with Gasteiger partial charge in [-0.25, -0.2) is 9.38 Å². The van der Waals surface area contributed by atoms with Crippen molar-refractivity contribution >= 4 is 33.4 Å². The maximum Gasteiger partial charge on any atom is 0.274 e. The quantitative estimate of drug-likeness (QED) is 0.451. The van der Waals surface area contributed by atoms with Crippen molar-refractivity contribution in [3.8, 4) is 11.8 Å². The van der Waals surface area contributed by atoms with E-state index in [1.165, 1.54) is 11.3 Å². The van der Waals surface area contributed by atoms with Gasteiger partial charge in [0.15, 0.2) is 4.96 Å². The summed E-state index contributed by atoms with van der Waals surface area (Å²) >= 11 is 1.36. The topological polar surface area (TPSA) is 67.4 Å². The first-order chi connectivity index (χ1) is 14.7. The smallest absolute Gasteiger partial charge is 0.274 e. The van der Waals surface area contributed by atoms with E-state index in [1.54, 1.807) is 10.5 Å². The molecule has 3 aromatic carbocycles. The van der Waals surface area contributed by atoms with Crippen LogP contribution < -0.4 is 14.8 Å². The second kappa shape index (κ2) is 7.47. The largest absolute Gasteiger partial charge is 0.488 e. The van der Waals surface area contributed by atoms with E-state index in [1.807, 2.05) is 72.8 Å². The molecule has 30 heavy (non-hydrogen) atoms. The first-order valence-corrected chi connectivity index (χ1v) is 10.2. The SMILES string of the molecule is N#Cc1ccccc1COc1ccccc1C=c1sc2nc3ccccc3n2c1=O. The summed E-state index contributed by atoms with van der Waals surface area (Å²) < 4.78 is 8.25. The number of para-hydroxylation sites is 3. The van der Waals surface area contributed by atoms with Crippen LogP contribution in [0.15, 0.2) is 77.6 Å². The van der Waals surface area contributed by atoms with E-state index < -0.39 is 0 Å². The average Bonchev–Trinajstić information content (AvgIpc) is 3.29. The van der Waals surface area contributed by atoms with Gasteiger partial charge in [0.25, 0.3) is 5.56 Å². The molecule has 0 bridgehead atoms. The van der Waals surface area contributed by atoms with Crippen LogP contribution in [-0.4, -0.2) is 9.38 Å². The zero-order valence-corrected chi connectivity index (χ0v) is 16.6. The van der Waals surface area contributed by atoms with Crippen molar-refractivity contribution < 1.29 is 4.74 Å². The van der Waals surface area contributed by atoms with Gasteiger partial charge in [0.1, 0.15) is 12.4 Å². The molecule has 5 nitrogen and oxygen atoms in total. The predicted octanol–water partition coefficient (Wildman–Crippen LogP) is 3.91. The molecule has 2 heterocycles. The van der Waals surface area contributed by atoms with Crippen molar-refractivity contribution in [1.29, 1.82) is 5.26 Å². The number of imidazole rings is 1. The van der Waals surface area contributed by atoms with Crippen LogP contribution in [0, 0.1) is 11.3 Å². The van der Waals surface area contributed by atoms with Gasteiger partial charge >= 0.3 is 0 Å². The zero-order valence-electron chi connectivity index (χ0n) is 15.8. The maximum absolute atomic E-state index is 13.0. The molecule has 0 aliphatic carbocycles. The van der Waals surface area contributed by atoms with Gasteiger partial charge in [-0.05, 0) is 30.3 Å². The molecule has 6 heteroatoms. The van der Waals surface area contributed by atoms with Crippen LogP contribution >= 0.6 is 11.3 Å². The number of aromatic nitrogens is 2. The van der Waals surface area contributed by atoms with Gasteiger partial charge in [0.05, 0.1) is 27.2 Å². The molecule has 0 unspecified atom stereocenters. The molecule has 0 fully saturated rings. The van der Waals surface area contributed by atoms with Crippen LogP contribution in [-0.2, 0) is 6.61 Å². The maximum atomic E-state index is 13.0. The number of ether oxygens (including phenoxy) is 1. The van der Waals surface area contributed by atoms with Crippen molar-refractivity contribution in [3.05, 3.63) is 104 Å². The van der Waals surface area contributed by atoms with E-state index in [-0.39, 0.29) is 12.2 Å². The normalized spacial score (nSPS) is 11.8. The lowest BCUT2D eigenvalue weighted by molar-refractivity contribution is 0.305. The van der Waals surface area contributed by atoms with Gasteiger partial charge in [-0.1, -0.05) is 59.9 Å². The number of fused-ring (bicyclic) bond motifs is 3. The Labute approximate surface area is 175 Å². The summed E-state index contributed by atoms with van der Waals surface area (Å²) in [6.07, 6.45) is 1.84. The number of nitrogens with zero attached hydrogens (tertiary/aromatic N) is 3. The van der Waals surface area contributed by atoms with Crippen LogP contribution in [0.25, 0.3) is 22.1 Å². The summed E-state index contributed by atoms with van der Waals surface area (Å²) in [5.41, 5.74) is 3.75. The Morgan fingerprint density at radius 2 is 1.80 bits per heavy atom. The summed E-state index contributed by atoms with van der Waals surface area (Å²) in [4.78, 5) is 18.2. The molecule has 0 aliphatic heterocycles. The molecule has 5 rings (SSSR count). The van der Waals surface area contributed by atoms with E-state index >= 15 is 0 Å². The summed E-state index contributed by atoms with van der Waals surface area (Å²) in [7, 11) is 0. The highest BCUT2D eigenvalue weighted by Crippen LogP contribution is 2.21. The minimum atomic E-state index is -0.0895. The first-order valence-electron chi connectivity index (χ1n) is 9.36. The van der Waals surface area contributed by atoms with E-state index in [0.29, 0.717) is 20.8 Å². The summed E-state index contributed by atoms with van der Waals surface area (Å²) in [6, 6.07) is 24.7. The van der Waals surface area contributed by atoms with Gasteiger partial charge in [-0.3, -0.25) is 4.79 Å². The van der Waals surface area contributed by atoms with Gasteiger partial charge in [0.2, 0.25) is 0 Å². The first kappa shape index (κ1) is 18.1. The van der Waals surface area contributed by atoms with Crippen LogP contribution in [0.2, 0.25) is 0 Å². The molecule has 0 saturated carbocycles. The van der Waals surface area contributed by atoms with Crippen molar-refractivity contribution in [3.63, 3.8) is 0 Å². The van der Waals surface area contributed by atoms with E-state index in [4.69, 9.17) is 4.74 Å². The van der Waals surface area contributed by atoms with E-state index in [0.717, 1.165) is 22.2 Å². The number of hydrogen-bond acceptors (Lipinski definition) is 5. The fourth-order valence-electron chi connectivity index (χ4n) is 3.40. The van der Waals surface area contributed by atoms with Gasteiger partial charge in [-0.2, -0.15) is 5.26 Å². The Bertz CT molecular complexity index is 1540. The molecular weight excluding hydrogens is 394 g/mol. The number of nitriles is 1. The van der Waals surface area contributed by atoms with E-state index in [9.17, 15) is 10.1 Å². The van der Waals surface area contributed by atoms with Crippen LogP contribution in [0.5, 0.6) is 5.75 Å². The molecule has 0 radical (unpaired) electrons. The lowest BCUT2D eigenvalue weighted by Gasteiger charge is -2.10. The highest BCUT2D eigenvalue weighted by atomic mass is 32.1. The fourth-order valence-corrected chi connectivity index (χ4v) is 4.37. The van der Waals surface area contributed by atoms with E-state index in [2.05, 4.69) is 11.1 Å². The minimum Gasteiger partial charge on any atom is -0.488 e. The lowest BCUT2D eigenvalue weighted by Crippen LogP contribution is -2.22. The molecule has 0 amide bonds. The summed E-state index contributed by atoms with van der Waals surface area (Å²) in [5, 5.41) is 9.27. The van der Waals surface area contributed by atoms with Crippen molar-refractivity contribution in [2.24, 2.45) is 0 Å². The van der Waals surface area contributed by atoms with Crippen LogP contribution in [0.3, 0.4) is 0 Å². The Morgan fingerprint density at radius 1 is 1.03 bits per heavy atom. The number of rotatable bonds is 4. The lowest BCUT2D eigenvalue weighted by atomic mass is 10.1. The molecule has 0 N–H and O–H groups in total. The highest BCUT2D eigenvalue weighted by molar-refractivity contribution is 7.15. The van der Waals surface area contributed by atoms with Gasteiger partial charge < -0.3 is 4.74 Å². The third kappa shape index (κ3) is 3.11. The van der Waals surface area contributed by atoms with Gasteiger partial charge in [0, 0.05) is 11.1 Å². The molecule has 144 valence electrons. The van der Waals surface area contributed by atoms with Gasteiger partial charge in [-0.15, -0.1) is 0 Å². The van der Waals surface area contributed by atoms with Crippen LogP contribution in [0.1, 0.15) is 16.7 Å². The Hall–Kier alpha value is -3.95. The fraction of sp³-hybridized carbons (Fsp3) is 0.0417. The molecule has 0 atom stereocenters. The Balaban J connectivity index is 1.54. The third-order valence-electron chi connectivity index (χ3n) is 4.87. The Kier molecular flexibility index (Phi) is 4.51. The molecular formula is C24H15N3O2S. The average molecular weight is 409 g/mol. The van der Waals surface area contributed by atoms with Crippen molar-refractivity contribution in [2.75, 3.05) is 0 Å². The summed E-state index contributed by atoms with van der Waals surface area (Å²) in [5.74, 6) is 0.653. The van der Waals surface area contributed by atoms with Crippen LogP contribution in [0.4, 0.5) is 0 Å². The molecule has 0 saturated heterocycles. The predicted molar refractivity (Wildman–Crippen MR) is 118 cm³/mol. The number of thiazole rings is 1. The molecule has 5 aromatic rings. The third-order valence-corrected chi connectivity index (χ3v) is 5.84. The molecule has 2 aromatic heterocycles. The summed E-state index contributed by atoms with van der Waals surface area (Å²) in [6.45, 7) is 0.275. The Morgan fingerprint density at radius 3 is 2.70 bits per heavy atom. The second-order valence-corrected chi connectivity index (χ2v) is 7.74. The number of benzene rings is 3. The standard InChI is InChI=1S/C24H15N3O2S/c25-14-17-8-1-2-9-18(17)15-29-21-12-6-3-7-16(21)13-22-23(28)27-20-11-5-4-10-19(20)26-24(27)30-22/h1-13H,15H2. The highest BCUT2D eigenvalue weighted by Gasteiger charge is 2.11. The molecule has 0 aliphatic rings. The van der Waals surface area contributed by atoms with Crippen molar-refractivity contribution in [2.45, 2.75) is 6.61 Å². The monoisotopic (exact) mass is 409 g/mol. The second-order valence-electron chi connectivity index (χ2n) is 6.73. The van der Waals surface area contributed by atoms with Crippen molar-refractivity contribution in [1.82, 2.24) is 9.38 Å². The molecule has 0 spiro atoms. The minimum absolute atomic E-state index is 0.0895. The zero-order chi connectivity index (χ0) is 20.5. The number of hydrogen-bond donors (Lipinski definition) is 0.